The maximum Gasteiger partial charge on any atom is 0.372 e. The molecule has 2 N–H and O–H groups in total. The van der Waals surface area contributed by atoms with Gasteiger partial charge in [-0.05, 0) is 18.4 Å². The average Bonchev–Trinajstić information content (AvgIpc) is 2.44. The molecule has 1 rings (SSSR count). The summed E-state index contributed by atoms with van der Waals surface area (Å²) in [5.74, 6) is -3.73. The fourth-order valence-corrected chi connectivity index (χ4v) is 2.53. The van der Waals surface area contributed by atoms with Gasteiger partial charge >= 0.3 is 11.9 Å². The van der Waals surface area contributed by atoms with Crippen molar-refractivity contribution in [2.24, 2.45) is 5.41 Å². The Kier molecular flexibility index (Phi) is 6.09. The highest BCUT2D eigenvalue weighted by molar-refractivity contribution is 6.35. The van der Waals surface area contributed by atoms with E-state index >= 15 is 0 Å². The van der Waals surface area contributed by atoms with Crippen molar-refractivity contribution in [1.82, 2.24) is 0 Å². The third kappa shape index (κ3) is 4.70. The Bertz CT molecular complexity index is 509. The second-order valence-electron chi connectivity index (χ2n) is 5.25. The molecule has 0 aliphatic rings. The molecule has 1 aromatic carbocycles. The van der Waals surface area contributed by atoms with Crippen LogP contribution in [0.2, 0.25) is 0 Å². The van der Waals surface area contributed by atoms with E-state index in [1.165, 1.54) is 0 Å². The van der Waals surface area contributed by atoms with Gasteiger partial charge in [-0.3, -0.25) is 9.59 Å². The molecular weight excluding hydrogens is 272 g/mol. The minimum Gasteiger partial charge on any atom is -0.481 e. The van der Waals surface area contributed by atoms with Crippen molar-refractivity contribution < 1.29 is 24.6 Å². The number of benzene rings is 1. The molecule has 114 valence electrons. The summed E-state index contributed by atoms with van der Waals surface area (Å²) in [4.78, 5) is 34.4. The lowest BCUT2D eigenvalue weighted by molar-refractivity contribution is -0.157. The Morgan fingerprint density at radius 2 is 1.71 bits per heavy atom. The summed E-state index contributed by atoms with van der Waals surface area (Å²) in [5, 5.41) is 18.2. The Morgan fingerprint density at radius 3 is 2.19 bits per heavy atom. The van der Waals surface area contributed by atoms with Gasteiger partial charge in [-0.25, -0.2) is 4.79 Å². The van der Waals surface area contributed by atoms with Gasteiger partial charge in [0.05, 0.1) is 11.8 Å². The van der Waals surface area contributed by atoms with Crippen LogP contribution in [0.25, 0.3) is 0 Å². The maximum absolute atomic E-state index is 12.1. The standard InChI is InChI=1S/C16H20O5/c1-2-3-9-16(11-13(17)18,14(19)15(20)21)10-12-7-5-4-6-8-12/h4-8H,2-3,9-11H2,1H3,(H,17,18)(H,20,21). The molecule has 0 saturated carbocycles. The molecule has 0 bridgehead atoms. The Hall–Kier alpha value is -2.17. The molecule has 5 heteroatoms. The summed E-state index contributed by atoms with van der Waals surface area (Å²) in [5.41, 5.74) is -0.612. The number of carbonyl (C=O) groups excluding carboxylic acids is 1. The SMILES string of the molecule is CCCCC(CC(=O)O)(Cc1ccccc1)C(=O)C(=O)O. The highest BCUT2D eigenvalue weighted by Crippen LogP contribution is 2.34. The predicted molar refractivity (Wildman–Crippen MR) is 77.0 cm³/mol. The smallest absolute Gasteiger partial charge is 0.372 e. The molecule has 21 heavy (non-hydrogen) atoms. The first-order valence-electron chi connectivity index (χ1n) is 6.95. The monoisotopic (exact) mass is 292 g/mol. The minimum absolute atomic E-state index is 0.130. The van der Waals surface area contributed by atoms with Gasteiger partial charge in [0, 0.05) is 0 Å². The van der Waals surface area contributed by atoms with Gasteiger partial charge in [0.1, 0.15) is 0 Å². The maximum atomic E-state index is 12.1. The zero-order chi connectivity index (χ0) is 15.9. The average molecular weight is 292 g/mol. The van der Waals surface area contributed by atoms with Crippen LogP contribution < -0.4 is 0 Å². The quantitative estimate of drug-likeness (QED) is 0.682. The van der Waals surface area contributed by atoms with Crippen LogP contribution in [0.3, 0.4) is 0 Å². The zero-order valence-electron chi connectivity index (χ0n) is 12.0. The number of hydrogen-bond donors (Lipinski definition) is 2. The number of carbonyl (C=O) groups is 3. The molecule has 1 aromatic rings. The predicted octanol–water partition coefficient (Wildman–Crippen LogP) is 2.53. The first-order chi connectivity index (χ1) is 9.91. The molecule has 0 aliphatic carbocycles. The topological polar surface area (TPSA) is 91.7 Å². The van der Waals surface area contributed by atoms with E-state index in [-0.39, 0.29) is 12.8 Å². The molecule has 1 unspecified atom stereocenters. The summed E-state index contributed by atoms with van der Waals surface area (Å²) in [7, 11) is 0. The molecular formula is C16H20O5. The van der Waals surface area contributed by atoms with Gasteiger partial charge in [-0.2, -0.15) is 0 Å². The Balaban J connectivity index is 3.17. The second kappa shape index (κ2) is 7.57. The van der Waals surface area contributed by atoms with E-state index < -0.39 is 29.6 Å². The highest BCUT2D eigenvalue weighted by atomic mass is 16.4. The zero-order valence-corrected chi connectivity index (χ0v) is 12.0. The largest absolute Gasteiger partial charge is 0.481 e. The van der Waals surface area contributed by atoms with Crippen molar-refractivity contribution in [2.45, 2.75) is 39.0 Å². The number of unbranched alkanes of at least 4 members (excludes halogenated alkanes) is 1. The van der Waals surface area contributed by atoms with Gasteiger partial charge in [0.25, 0.3) is 0 Å². The van der Waals surface area contributed by atoms with Crippen LogP contribution in [-0.2, 0) is 20.8 Å². The van der Waals surface area contributed by atoms with Gasteiger partial charge < -0.3 is 10.2 Å². The van der Waals surface area contributed by atoms with Crippen molar-refractivity contribution >= 4 is 17.7 Å². The first-order valence-corrected chi connectivity index (χ1v) is 6.95. The van der Waals surface area contributed by atoms with Crippen molar-refractivity contribution in [1.29, 1.82) is 0 Å². The fourth-order valence-electron chi connectivity index (χ4n) is 2.53. The Morgan fingerprint density at radius 1 is 1.10 bits per heavy atom. The lowest BCUT2D eigenvalue weighted by Gasteiger charge is -2.29. The van der Waals surface area contributed by atoms with Gasteiger partial charge in [-0.1, -0.05) is 50.1 Å². The van der Waals surface area contributed by atoms with Crippen molar-refractivity contribution in [3.8, 4) is 0 Å². The van der Waals surface area contributed by atoms with Gasteiger partial charge in [-0.15, -0.1) is 0 Å². The van der Waals surface area contributed by atoms with Crippen LogP contribution in [0.1, 0.15) is 38.2 Å². The van der Waals surface area contributed by atoms with Crippen molar-refractivity contribution in [3.63, 3.8) is 0 Å². The molecule has 0 spiro atoms. The van der Waals surface area contributed by atoms with E-state index in [0.29, 0.717) is 6.42 Å². The Labute approximate surface area is 123 Å². The first kappa shape index (κ1) is 16.9. The summed E-state index contributed by atoms with van der Waals surface area (Å²) >= 11 is 0. The van der Waals surface area contributed by atoms with Crippen molar-refractivity contribution in [3.05, 3.63) is 35.9 Å². The van der Waals surface area contributed by atoms with Crippen molar-refractivity contribution in [2.75, 3.05) is 0 Å². The van der Waals surface area contributed by atoms with Crippen LogP contribution >= 0.6 is 0 Å². The highest BCUT2D eigenvalue weighted by Gasteiger charge is 2.43. The lowest BCUT2D eigenvalue weighted by atomic mass is 9.71. The number of Topliss-reactive ketones (excluding diaryl/α,β-unsaturated/α-hetero) is 1. The van der Waals surface area contributed by atoms with Crippen LogP contribution in [-0.4, -0.2) is 27.9 Å². The van der Waals surface area contributed by atoms with Gasteiger partial charge in [0.15, 0.2) is 0 Å². The molecule has 1 atom stereocenters. The van der Waals surface area contributed by atoms with E-state index in [1.54, 1.807) is 24.3 Å². The summed E-state index contributed by atoms with van der Waals surface area (Å²) in [6.45, 7) is 1.92. The number of aliphatic carboxylic acids is 2. The number of hydrogen-bond acceptors (Lipinski definition) is 3. The second-order valence-corrected chi connectivity index (χ2v) is 5.25. The lowest BCUT2D eigenvalue weighted by Crippen LogP contribution is -2.40. The van der Waals surface area contributed by atoms with Gasteiger partial charge in [0.2, 0.25) is 5.78 Å². The van der Waals surface area contributed by atoms with E-state index in [2.05, 4.69) is 0 Å². The molecule has 5 nitrogen and oxygen atoms in total. The van der Waals surface area contributed by atoms with E-state index in [0.717, 1.165) is 12.0 Å². The minimum atomic E-state index is -1.57. The summed E-state index contributed by atoms with van der Waals surface area (Å²) < 4.78 is 0. The van der Waals surface area contributed by atoms with E-state index in [1.807, 2.05) is 13.0 Å². The molecule has 0 saturated heterocycles. The molecule has 0 radical (unpaired) electrons. The number of carboxylic acid groups (broad SMARTS) is 2. The number of ketones is 1. The molecule has 0 aliphatic heterocycles. The van der Waals surface area contributed by atoms with Crippen LogP contribution in [0.15, 0.2) is 30.3 Å². The summed E-state index contributed by atoms with van der Waals surface area (Å²) in [6, 6.07) is 8.93. The number of carboxylic acids is 2. The third-order valence-electron chi connectivity index (χ3n) is 3.56. The fraction of sp³-hybridized carbons (Fsp3) is 0.438. The van der Waals surface area contributed by atoms with Crippen LogP contribution in [0.4, 0.5) is 0 Å². The molecule has 0 heterocycles. The number of rotatable bonds is 9. The van der Waals surface area contributed by atoms with E-state index in [4.69, 9.17) is 10.2 Å². The van der Waals surface area contributed by atoms with Crippen LogP contribution in [0, 0.1) is 5.41 Å². The molecule has 0 amide bonds. The van der Waals surface area contributed by atoms with Crippen LogP contribution in [0.5, 0.6) is 0 Å². The molecule has 0 aromatic heterocycles. The normalized spacial score (nSPS) is 13.4. The van der Waals surface area contributed by atoms with E-state index in [9.17, 15) is 14.4 Å². The summed E-state index contributed by atoms with van der Waals surface area (Å²) in [6.07, 6.45) is 1.30. The molecule has 0 fully saturated rings. The third-order valence-corrected chi connectivity index (χ3v) is 3.56.